The zero-order valence-corrected chi connectivity index (χ0v) is 36.6. The molecule has 0 unspecified atom stereocenters. The maximum Gasteiger partial charge on any atom is 0.0159 e. The number of fused-ring (bicyclic) bond motifs is 10. The average Bonchev–Trinajstić information content (AvgIpc) is 3.71. The summed E-state index contributed by atoms with van der Waals surface area (Å²) >= 11 is 0. The summed E-state index contributed by atoms with van der Waals surface area (Å²) in [5.74, 6) is 0. The Labute approximate surface area is 375 Å². The SMILES string of the molecule is CC1(C)c2ccccc2-c2ccc(-c3ccc(-c4ccc5c(c4)C(C)(C)c4ccccc4-5)c4c(-c5ccc6ccccc6c5)c5ccccc5c(-c5ccc6ccccc6c5)c34)cc21. The molecular formula is C64H46. The van der Waals surface area contributed by atoms with Gasteiger partial charge in [-0.15, -0.1) is 0 Å². The van der Waals surface area contributed by atoms with E-state index in [1.807, 2.05) is 0 Å². The molecular weight excluding hydrogens is 769 g/mol. The first-order valence-corrected chi connectivity index (χ1v) is 22.7. The van der Waals surface area contributed by atoms with E-state index >= 15 is 0 Å². The maximum atomic E-state index is 2.51. The van der Waals surface area contributed by atoms with E-state index in [9.17, 15) is 0 Å². The van der Waals surface area contributed by atoms with Gasteiger partial charge >= 0.3 is 0 Å². The fourth-order valence-electron chi connectivity index (χ4n) is 11.8. The molecule has 0 aromatic heterocycles. The molecule has 2 aliphatic carbocycles. The van der Waals surface area contributed by atoms with E-state index in [1.165, 1.54) is 132 Å². The highest BCUT2D eigenvalue weighted by atomic mass is 14.4. The molecule has 0 N–H and O–H groups in total. The number of hydrogen-bond acceptors (Lipinski definition) is 0. The second-order valence-corrected chi connectivity index (χ2v) is 19.2. The van der Waals surface area contributed by atoms with Crippen molar-refractivity contribution < 1.29 is 0 Å². The summed E-state index contributed by atoms with van der Waals surface area (Å²) in [5.41, 5.74) is 20.6. The van der Waals surface area contributed by atoms with Crippen LogP contribution in [0.25, 0.3) is 110 Å². The van der Waals surface area contributed by atoms with Gasteiger partial charge in [0.25, 0.3) is 0 Å². The quantitative estimate of drug-likeness (QED) is 0.155. The van der Waals surface area contributed by atoms with Gasteiger partial charge in [0.2, 0.25) is 0 Å². The summed E-state index contributed by atoms with van der Waals surface area (Å²) in [4.78, 5) is 0. The molecule has 0 heterocycles. The molecule has 13 rings (SSSR count). The van der Waals surface area contributed by atoms with Crippen molar-refractivity contribution in [3.8, 4) is 66.8 Å². The van der Waals surface area contributed by atoms with Crippen molar-refractivity contribution in [1.82, 2.24) is 0 Å². The van der Waals surface area contributed by atoms with Crippen LogP contribution in [0.15, 0.2) is 206 Å². The zero-order valence-electron chi connectivity index (χ0n) is 36.6. The second-order valence-electron chi connectivity index (χ2n) is 19.2. The second kappa shape index (κ2) is 13.5. The topological polar surface area (TPSA) is 0 Å². The van der Waals surface area contributed by atoms with Crippen LogP contribution in [0.4, 0.5) is 0 Å². The Morgan fingerprint density at radius 3 is 1.05 bits per heavy atom. The van der Waals surface area contributed by atoms with Crippen LogP contribution in [0.1, 0.15) is 49.9 Å². The van der Waals surface area contributed by atoms with Gasteiger partial charge in [0, 0.05) is 10.8 Å². The van der Waals surface area contributed by atoms with Crippen LogP contribution in [-0.4, -0.2) is 0 Å². The van der Waals surface area contributed by atoms with E-state index in [0.29, 0.717) is 0 Å². The minimum Gasteiger partial charge on any atom is -0.0619 e. The number of benzene rings is 11. The Balaban J connectivity index is 1.20. The molecule has 0 aliphatic heterocycles. The number of rotatable bonds is 4. The monoisotopic (exact) mass is 814 g/mol. The predicted octanol–water partition coefficient (Wildman–Crippen LogP) is 17.6. The Hall–Kier alpha value is -7.54. The molecule has 0 atom stereocenters. The van der Waals surface area contributed by atoms with Crippen LogP contribution >= 0.6 is 0 Å². The van der Waals surface area contributed by atoms with Gasteiger partial charge < -0.3 is 0 Å². The van der Waals surface area contributed by atoms with Crippen LogP contribution in [0.5, 0.6) is 0 Å². The molecule has 0 amide bonds. The minimum atomic E-state index is -0.128. The zero-order chi connectivity index (χ0) is 42.9. The van der Waals surface area contributed by atoms with Crippen molar-refractivity contribution in [2.24, 2.45) is 0 Å². The van der Waals surface area contributed by atoms with Crippen molar-refractivity contribution >= 4 is 43.1 Å². The van der Waals surface area contributed by atoms with E-state index in [-0.39, 0.29) is 10.8 Å². The lowest BCUT2D eigenvalue weighted by Crippen LogP contribution is -2.15. The molecule has 302 valence electrons. The van der Waals surface area contributed by atoms with E-state index in [4.69, 9.17) is 0 Å². The molecule has 11 aromatic carbocycles. The molecule has 0 spiro atoms. The molecule has 0 heteroatoms. The van der Waals surface area contributed by atoms with Crippen LogP contribution in [0.2, 0.25) is 0 Å². The van der Waals surface area contributed by atoms with Gasteiger partial charge in [-0.1, -0.05) is 210 Å². The lowest BCUT2D eigenvalue weighted by molar-refractivity contribution is 0.660. The lowest BCUT2D eigenvalue weighted by Gasteiger charge is -2.25. The minimum absolute atomic E-state index is 0.128. The Kier molecular flexibility index (Phi) is 7.80. The van der Waals surface area contributed by atoms with E-state index in [1.54, 1.807) is 0 Å². The molecule has 11 aromatic rings. The van der Waals surface area contributed by atoms with Gasteiger partial charge in [0.15, 0.2) is 0 Å². The molecule has 0 fully saturated rings. The van der Waals surface area contributed by atoms with Gasteiger partial charge in [0.1, 0.15) is 0 Å². The third-order valence-corrected chi connectivity index (χ3v) is 15.0. The van der Waals surface area contributed by atoms with E-state index in [2.05, 4.69) is 234 Å². The summed E-state index contributed by atoms with van der Waals surface area (Å²) in [6.07, 6.45) is 0. The summed E-state index contributed by atoms with van der Waals surface area (Å²) in [6, 6.07) is 78.3. The lowest BCUT2D eigenvalue weighted by atomic mass is 9.78. The van der Waals surface area contributed by atoms with Crippen molar-refractivity contribution in [1.29, 1.82) is 0 Å². The first-order valence-electron chi connectivity index (χ1n) is 22.7. The molecule has 0 bridgehead atoms. The summed E-state index contributed by atoms with van der Waals surface area (Å²) < 4.78 is 0. The third kappa shape index (κ3) is 5.23. The highest BCUT2D eigenvalue weighted by Crippen LogP contribution is 2.55. The smallest absolute Gasteiger partial charge is 0.0159 e. The van der Waals surface area contributed by atoms with Crippen molar-refractivity contribution in [3.63, 3.8) is 0 Å². The fraction of sp³-hybridized carbons (Fsp3) is 0.0938. The van der Waals surface area contributed by atoms with Gasteiger partial charge in [-0.3, -0.25) is 0 Å². The largest absolute Gasteiger partial charge is 0.0619 e. The van der Waals surface area contributed by atoms with Crippen LogP contribution in [0.3, 0.4) is 0 Å². The van der Waals surface area contributed by atoms with Crippen LogP contribution < -0.4 is 0 Å². The van der Waals surface area contributed by atoms with E-state index in [0.717, 1.165) is 0 Å². The van der Waals surface area contributed by atoms with Crippen LogP contribution in [0, 0.1) is 0 Å². The van der Waals surface area contributed by atoms with Crippen LogP contribution in [-0.2, 0) is 10.8 Å². The van der Waals surface area contributed by atoms with E-state index < -0.39 is 0 Å². The summed E-state index contributed by atoms with van der Waals surface area (Å²) in [5, 5.41) is 10.1. The predicted molar refractivity (Wildman–Crippen MR) is 273 cm³/mol. The fourth-order valence-corrected chi connectivity index (χ4v) is 11.8. The molecule has 0 radical (unpaired) electrons. The first-order chi connectivity index (χ1) is 31.3. The standard InChI is InChI=1S/C64H46/c1-63(2)55-23-13-11-19-49(55)51-31-29-43(37-57(51)63)47-33-34-48(44-30-32-52-50-20-12-14-24-56(50)64(3,4)58(52)38-44)62-60(46-28-26-40-16-6-8-18-42(40)36-46)54-22-10-9-21-53(54)59(61(47)62)45-27-25-39-15-5-7-17-41(39)35-45/h5-38H,1-4H3. The van der Waals surface area contributed by atoms with Crippen molar-refractivity contribution in [2.75, 3.05) is 0 Å². The van der Waals surface area contributed by atoms with Crippen molar-refractivity contribution in [3.05, 3.63) is 229 Å². The molecule has 0 saturated heterocycles. The van der Waals surface area contributed by atoms with Gasteiger partial charge in [-0.2, -0.15) is 0 Å². The Morgan fingerprint density at radius 2 is 0.594 bits per heavy atom. The number of hydrogen-bond donors (Lipinski definition) is 0. The summed E-state index contributed by atoms with van der Waals surface area (Å²) in [7, 11) is 0. The highest BCUT2D eigenvalue weighted by Gasteiger charge is 2.37. The molecule has 2 aliphatic rings. The average molecular weight is 815 g/mol. The molecule has 0 saturated carbocycles. The Bertz CT molecular complexity index is 3530. The normalized spacial score (nSPS) is 14.2. The highest BCUT2D eigenvalue weighted by molar-refractivity contribution is 6.28. The Morgan fingerprint density at radius 1 is 0.250 bits per heavy atom. The van der Waals surface area contributed by atoms with Gasteiger partial charge in [-0.25, -0.2) is 0 Å². The van der Waals surface area contributed by atoms with Gasteiger partial charge in [0.05, 0.1) is 0 Å². The summed E-state index contributed by atoms with van der Waals surface area (Å²) in [6.45, 7) is 9.56. The molecule has 64 heavy (non-hydrogen) atoms. The first kappa shape index (κ1) is 37.1. The van der Waals surface area contributed by atoms with Crippen molar-refractivity contribution in [2.45, 2.75) is 38.5 Å². The third-order valence-electron chi connectivity index (χ3n) is 15.0. The van der Waals surface area contributed by atoms with Gasteiger partial charge in [-0.05, 0) is 156 Å². The maximum absolute atomic E-state index is 2.51. The molecule has 0 nitrogen and oxygen atoms in total.